The van der Waals surface area contributed by atoms with Gasteiger partial charge < -0.3 is 9.90 Å². The lowest BCUT2D eigenvalue weighted by molar-refractivity contribution is -0.150. The van der Waals surface area contributed by atoms with Crippen LogP contribution in [0.25, 0.3) is 0 Å². The molecule has 1 heterocycles. The molecule has 124 valence electrons. The van der Waals surface area contributed by atoms with E-state index in [1.165, 1.54) is 0 Å². The van der Waals surface area contributed by atoms with E-state index in [1.807, 2.05) is 65.6 Å². The van der Waals surface area contributed by atoms with Crippen LogP contribution in [0.3, 0.4) is 0 Å². The Morgan fingerprint density at radius 1 is 1.08 bits per heavy atom. The van der Waals surface area contributed by atoms with Gasteiger partial charge in [-0.05, 0) is 18.1 Å². The van der Waals surface area contributed by atoms with Crippen LogP contribution in [0, 0.1) is 5.92 Å². The first-order valence-corrected chi connectivity index (χ1v) is 8.11. The number of hydrogen-bond donors (Lipinski definition) is 1. The van der Waals surface area contributed by atoms with Gasteiger partial charge in [0.25, 0.3) is 0 Å². The molecule has 4 heteroatoms. The molecule has 0 radical (unpaired) electrons. The summed E-state index contributed by atoms with van der Waals surface area (Å²) in [5.74, 6) is -1.08. The van der Waals surface area contributed by atoms with E-state index in [-0.39, 0.29) is 11.8 Å². The van der Waals surface area contributed by atoms with Crippen molar-refractivity contribution in [1.82, 2.24) is 4.90 Å². The van der Waals surface area contributed by atoms with E-state index >= 15 is 0 Å². The van der Waals surface area contributed by atoms with Gasteiger partial charge in [0.15, 0.2) is 0 Å². The quantitative estimate of drug-likeness (QED) is 0.860. The number of nitrogens with zero attached hydrogens (tertiary/aromatic N) is 1. The summed E-state index contributed by atoms with van der Waals surface area (Å²) >= 11 is 0. The van der Waals surface area contributed by atoms with E-state index < -0.39 is 11.5 Å². The fourth-order valence-corrected chi connectivity index (χ4v) is 3.59. The summed E-state index contributed by atoms with van der Waals surface area (Å²) in [6.07, 6.45) is 0.963. The van der Waals surface area contributed by atoms with E-state index in [1.54, 1.807) is 6.92 Å². The summed E-state index contributed by atoms with van der Waals surface area (Å²) in [5, 5.41) is 9.93. The van der Waals surface area contributed by atoms with Gasteiger partial charge in [-0.3, -0.25) is 4.90 Å². The molecule has 0 unspecified atom stereocenters. The second kappa shape index (κ2) is 6.57. The van der Waals surface area contributed by atoms with Crippen LogP contribution in [-0.4, -0.2) is 35.4 Å². The topological polar surface area (TPSA) is 57.6 Å². The number of carboxylic acids is 1. The summed E-state index contributed by atoms with van der Waals surface area (Å²) in [4.78, 5) is 25.6. The maximum absolute atomic E-state index is 12.1. The number of aliphatic carboxylic acids is 1. The number of hydrogen-bond acceptors (Lipinski definition) is 3. The van der Waals surface area contributed by atoms with Crippen LogP contribution < -0.4 is 0 Å². The maximum atomic E-state index is 12.1. The van der Waals surface area contributed by atoms with Crippen LogP contribution in [0.1, 0.15) is 24.0 Å². The molecule has 1 aliphatic heterocycles. The third-order valence-corrected chi connectivity index (χ3v) is 5.15. The molecule has 1 saturated heterocycles. The van der Waals surface area contributed by atoms with Gasteiger partial charge in [0.1, 0.15) is 11.8 Å². The first kappa shape index (κ1) is 16.4. The lowest BCUT2D eigenvalue weighted by Gasteiger charge is -2.35. The lowest BCUT2D eigenvalue weighted by Crippen LogP contribution is -2.49. The van der Waals surface area contributed by atoms with Gasteiger partial charge in [0.05, 0.1) is 0 Å². The molecule has 0 spiro atoms. The zero-order valence-electron chi connectivity index (χ0n) is 13.6. The van der Waals surface area contributed by atoms with Gasteiger partial charge >= 0.3 is 5.97 Å². The highest BCUT2D eigenvalue weighted by molar-refractivity contribution is 5.80. The second-order valence-corrected chi connectivity index (χ2v) is 6.47. The first-order valence-electron chi connectivity index (χ1n) is 8.11. The Morgan fingerprint density at radius 3 is 2.21 bits per heavy atom. The van der Waals surface area contributed by atoms with Crippen LogP contribution >= 0.6 is 0 Å². The summed E-state index contributed by atoms with van der Waals surface area (Å²) < 4.78 is 0. The molecule has 1 N–H and O–H groups in total. The smallest absolute Gasteiger partial charge is 0.328 e. The average Bonchev–Trinajstić information content (AvgIpc) is 3.07. The van der Waals surface area contributed by atoms with E-state index in [0.717, 1.165) is 17.4 Å². The Kier molecular flexibility index (Phi) is 4.49. The minimum Gasteiger partial charge on any atom is -0.480 e. The maximum Gasteiger partial charge on any atom is 0.328 e. The van der Waals surface area contributed by atoms with Crippen LogP contribution in [0.5, 0.6) is 0 Å². The molecule has 4 nitrogen and oxygen atoms in total. The van der Waals surface area contributed by atoms with Gasteiger partial charge in [-0.2, -0.15) is 0 Å². The molecule has 0 bridgehead atoms. The fourth-order valence-electron chi connectivity index (χ4n) is 3.59. The minimum atomic E-state index is -1.15. The normalized spacial score (nSPS) is 23.5. The summed E-state index contributed by atoms with van der Waals surface area (Å²) in [6, 6.07) is 19.1. The number of carbonyl (C=O) groups excluding carboxylic acids is 1. The van der Waals surface area contributed by atoms with Gasteiger partial charge in [0, 0.05) is 24.9 Å². The molecule has 0 aromatic heterocycles. The van der Waals surface area contributed by atoms with Crippen molar-refractivity contribution in [2.45, 2.75) is 18.4 Å². The number of carbonyl (C=O) groups is 2. The molecule has 3 atom stereocenters. The zero-order chi connectivity index (χ0) is 17.2. The molecule has 0 amide bonds. The van der Waals surface area contributed by atoms with Crippen molar-refractivity contribution in [3.63, 3.8) is 0 Å². The summed E-state index contributed by atoms with van der Waals surface area (Å²) in [7, 11) is 0. The molecule has 24 heavy (non-hydrogen) atoms. The van der Waals surface area contributed by atoms with Crippen molar-refractivity contribution < 1.29 is 14.7 Å². The summed E-state index contributed by atoms with van der Waals surface area (Å²) in [5.41, 5.74) is 0.667. The highest BCUT2D eigenvalue weighted by Gasteiger charge is 2.47. The molecular formula is C20H21NO3. The van der Waals surface area contributed by atoms with E-state index in [4.69, 9.17) is 0 Å². The van der Waals surface area contributed by atoms with Crippen LogP contribution in [0.4, 0.5) is 0 Å². The van der Waals surface area contributed by atoms with E-state index in [0.29, 0.717) is 13.1 Å². The van der Waals surface area contributed by atoms with Crippen molar-refractivity contribution in [3.8, 4) is 0 Å². The number of benzene rings is 2. The second-order valence-electron chi connectivity index (χ2n) is 6.47. The molecule has 0 aliphatic carbocycles. The van der Waals surface area contributed by atoms with Crippen molar-refractivity contribution in [1.29, 1.82) is 0 Å². The fraction of sp³-hybridized carbons (Fsp3) is 0.300. The van der Waals surface area contributed by atoms with Gasteiger partial charge in [-0.15, -0.1) is 0 Å². The Balaban J connectivity index is 1.96. The SMILES string of the molecule is C[C@](C(=O)O)(c1ccccc1)N1C[C@@H](C=O)[C@@H](c2ccccc2)C1. The molecule has 0 saturated carbocycles. The standard InChI is InChI=1S/C20H21NO3/c1-20(19(23)24,17-10-6-3-7-11-17)21-12-16(14-22)18(13-21)15-8-4-2-5-9-15/h2-11,14,16,18H,12-13H2,1H3,(H,23,24)/t16-,18+,20+/m0/s1. The molecular weight excluding hydrogens is 302 g/mol. The highest BCUT2D eigenvalue weighted by atomic mass is 16.4. The van der Waals surface area contributed by atoms with Crippen molar-refractivity contribution in [3.05, 3.63) is 71.8 Å². The molecule has 1 fully saturated rings. The highest BCUT2D eigenvalue weighted by Crippen LogP contribution is 2.39. The van der Waals surface area contributed by atoms with Gasteiger partial charge in [-0.25, -0.2) is 4.79 Å². The Bertz CT molecular complexity index is 716. The molecule has 1 aliphatic rings. The van der Waals surface area contributed by atoms with E-state index in [9.17, 15) is 14.7 Å². The third-order valence-electron chi connectivity index (χ3n) is 5.15. The Hall–Kier alpha value is -2.46. The number of rotatable bonds is 5. The van der Waals surface area contributed by atoms with Gasteiger partial charge in [0.2, 0.25) is 0 Å². The predicted octanol–water partition coefficient (Wildman–Crippen LogP) is 2.90. The van der Waals surface area contributed by atoms with Crippen molar-refractivity contribution in [2.24, 2.45) is 5.92 Å². The largest absolute Gasteiger partial charge is 0.480 e. The molecule has 2 aromatic rings. The van der Waals surface area contributed by atoms with Crippen LogP contribution in [0.2, 0.25) is 0 Å². The number of carboxylic acid groups (broad SMARTS) is 1. The van der Waals surface area contributed by atoms with Crippen LogP contribution in [-0.2, 0) is 15.1 Å². The number of aldehydes is 1. The van der Waals surface area contributed by atoms with Crippen LogP contribution in [0.15, 0.2) is 60.7 Å². The molecule has 2 aromatic carbocycles. The van der Waals surface area contributed by atoms with Crippen molar-refractivity contribution in [2.75, 3.05) is 13.1 Å². The van der Waals surface area contributed by atoms with Gasteiger partial charge in [-0.1, -0.05) is 60.7 Å². The lowest BCUT2D eigenvalue weighted by atomic mass is 9.89. The average molecular weight is 323 g/mol. The molecule has 3 rings (SSSR count). The predicted molar refractivity (Wildman–Crippen MR) is 91.7 cm³/mol. The van der Waals surface area contributed by atoms with E-state index in [2.05, 4.69) is 0 Å². The minimum absolute atomic E-state index is 0.0195. The Morgan fingerprint density at radius 2 is 1.67 bits per heavy atom. The summed E-state index contributed by atoms with van der Waals surface area (Å²) in [6.45, 7) is 2.71. The van der Waals surface area contributed by atoms with Crippen molar-refractivity contribution >= 4 is 12.3 Å². The number of likely N-dealkylation sites (tertiary alicyclic amines) is 1. The zero-order valence-corrected chi connectivity index (χ0v) is 13.6. The third kappa shape index (κ3) is 2.74. The monoisotopic (exact) mass is 323 g/mol. The first-order chi connectivity index (χ1) is 11.6. The Labute approximate surface area is 141 Å².